The Labute approximate surface area is 81.4 Å². The Morgan fingerprint density at radius 2 is 1.86 bits per heavy atom. The number of hydrogen-bond acceptors (Lipinski definition) is 2. The molecule has 4 heteroatoms. The SMILES string of the molecule is COc1c(F)ccc(OC(C)C)c1F. The summed E-state index contributed by atoms with van der Waals surface area (Å²) in [7, 11) is 1.21. The number of hydrogen-bond donors (Lipinski definition) is 0. The first-order valence-electron chi connectivity index (χ1n) is 4.25. The molecule has 0 aliphatic heterocycles. The highest BCUT2D eigenvalue weighted by molar-refractivity contribution is 5.36. The van der Waals surface area contributed by atoms with Gasteiger partial charge in [0.05, 0.1) is 13.2 Å². The molecule has 0 unspecified atom stereocenters. The van der Waals surface area contributed by atoms with E-state index in [1.54, 1.807) is 13.8 Å². The molecule has 0 N–H and O–H groups in total. The Balaban J connectivity index is 3.08. The molecule has 1 aromatic carbocycles. The van der Waals surface area contributed by atoms with Crippen molar-refractivity contribution in [2.45, 2.75) is 20.0 Å². The highest BCUT2D eigenvalue weighted by Gasteiger charge is 2.15. The molecule has 0 amide bonds. The van der Waals surface area contributed by atoms with Crippen molar-refractivity contribution in [1.29, 1.82) is 0 Å². The Bertz CT molecular complexity index is 324. The normalized spacial score (nSPS) is 10.4. The van der Waals surface area contributed by atoms with Gasteiger partial charge in [0.2, 0.25) is 5.82 Å². The first-order valence-corrected chi connectivity index (χ1v) is 4.25. The summed E-state index contributed by atoms with van der Waals surface area (Å²) in [6.45, 7) is 3.52. The number of ether oxygens (including phenoxy) is 2. The van der Waals surface area contributed by atoms with Gasteiger partial charge in [0.15, 0.2) is 17.3 Å². The quantitative estimate of drug-likeness (QED) is 0.750. The van der Waals surface area contributed by atoms with Gasteiger partial charge >= 0.3 is 0 Å². The maximum atomic E-state index is 13.4. The fourth-order valence-corrected chi connectivity index (χ4v) is 1.05. The van der Waals surface area contributed by atoms with Crippen molar-refractivity contribution in [3.05, 3.63) is 23.8 Å². The highest BCUT2D eigenvalue weighted by atomic mass is 19.1. The molecule has 0 saturated carbocycles. The maximum absolute atomic E-state index is 13.4. The second kappa shape index (κ2) is 4.26. The lowest BCUT2D eigenvalue weighted by Gasteiger charge is -2.12. The van der Waals surface area contributed by atoms with E-state index in [-0.39, 0.29) is 11.9 Å². The van der Waals surface area contributed by atoms with E-state index >= 15 is 0 Å². The van der Waals surface area contributed by atoms with E-state index in [2.05, 4.69) is 4.74 Å². The number of methoxy groups -OCH3 is 1. The summed E-state index contributed by atoms with van der Waals surface area (Å²) in [5.74, 6) is -1.95. The highest BCUT2D eigenvalue weighted by Crippen LogP contribution is 2.29. The van der Waals surface area contributed by atoms with Crippen LogP contribution in [-0.2, 0) is 0 Å². The molecule has 0 spiro atoms. The van der Waals surface area contributed by atoms with Crippen molar-refractivity contribution in [3.63, 3.8) is 0 Å². The first-order chi connectivity index (χ1) is 6.56. The van der Waals surface area contributed by atoms with Crippen molar-refractivity contribution >= 4 is 0 Å². The monoisotopic (exact) mass is 202 g/mol. The third-order valence-electron chi connectivity index (χ3n) is 1.58. The van der Waals surface area contributed by atoms with Gasteiger partial charge in [-0.05, 0) is 26.0 Å². The van der Waals surface area contributed by atoms with Gasteiger partial charge in [-0.2, -0.15) is 4.39 Å². The van der Waals surface area contributed by atoms with Crippen LogP contribution in [0.3, 0.4) is 0 Å². The summed E-state index contributed by atoms with van der Waals surface area (Å²) in [6.07, 6.45) is -0.167. The van der Waals surface area contributed by atoms with Gasteiger partial charge in [0, 0.05) is 0 Å². The van der Waals surface area contributed by atoms with Crippen molar-refractivity contribution in [2.75, 3.05) is 7.11 Å². The topological polar surface area (TPSA) is 18.5 Å². The van der Waals surface area contributed by atoms with Crippen molar-refractivity contribution in [3.8, 4) is 11.5 Å². The average Bonchev–Trinajstić information content (AvgIpc) is 2.10. The zero-order chi connectivity index (χ0) is 10.7. The molecular weight excluding hydrogens is 190 g/mol. The summed E-state index contributed by atoms with van der Waals surface area (Å²) >= 11 is 0. The fraction of sp³-hybridized carbons (Fsp3) is 0.400. The zero-order valence-electron chi connectivity index (χ0n) is 8.30. The van der Waals surface area contributed by atoms with E-state index in [1.807, 2.05) is 0 Å². The minimum atomic E-state index is -0.804. The van der Waals surface area contributed by atoms with E-state index in [9.17, 15) is 8.78 Å². The van der Waals surface area contributed by atoms with Crippen LogP contribution < -0.4 is 9.47 Å². The summed E-state index contributed by atoms with van der Waals surface area (Å²) in [5.41, 5.74) is 0. The lowest BCUT2D eigenvalue weighted by atomic mass is 10.3. The Kier molecular flexibility index (Phi) is 3.28. The zero-order valence-corrected chi connectivity index (χ0v) is 8.30. The molecule has 0 radical (unpaired) electrons. The van der Waals surface area contributed by atoms with Gasteiger partial charge in [0.1, 0.15) is 0 Å². The van der Waals surface area contributed by atoms with E-state index in [4.69, 9.17) is 4.74 Å². The fourth-order valence-electron chi connectivity index (χ4n) is 1.05. The Hall–Kier alpha value is -1.32. The second-order valence-corrected chi connectivity index (χ2v) is 3.06. The second-order valence-electron chi connectivity index (χ2n) is 3.06. The smallest absolute Gasteiger partial charge is 0.209 e. The molecule has 1 aromatic rings. The predicted molar refractivity (Wildman–Crippen MR) is 48.7 cm³/mol. The molecule has 0 fully saturated rings. The Morgan fingerprint density at radius 1 is 1.21 bits per heavy atom. The van der Waals surface area contributed by atoms with Crippen LogP contribution in [0.4, 0.5) is 8.78 Å². The van der Waals surface area contributed by atoms with E-state index in [1.165, 1.54) is 13.2 Å². The molecule has 14 heavy (non-hydrogen) atoms. The van der Waals surface area contributed by atoms with Crippen LogP contribution in [0.1, 0.15) is 13.8 Å². The molecule has 0 aliphatic carbocycles. The maximum Gasteiger partial charge on any atom is 0.209 e. The molecule has 0 atom stereocenters. The van der Waals surface area contributed by atoms with Crippen LogP contribution in [0, 0.1) is 11.6 Å². The lowest BCUT2D eigenvalue weighted by molar-refractivity contribution is 0.226. The van der Waals surface area contributed by atoms with Crippen LogP contribution in [-0.4, -0.2) is 13.2 Å². The molecule has 0 aliphatic rings. The summed E-state index contributed by atoms with van der Waals surface area (Å²) < 4.78 is 36.0. The standard InChI is InChI=1S/C10H12F2O2/c1-6(2)14-8-5-4-7(11)10(13-3)9(8)12/h4-6H,1-3H3. The van der Waals surface area contributed by atoms with Crippen molar-refractivity contribution < 1.29 is 18.3 Å². The minimum absolute atomic E-state index is 0.00162. The van der Waals surface area contributed by atoms with Crippen LogP contribution in [0.2, 0.25) is 0 Å². The van der Waals surface area contributed by atoms with E-state index < -0.39 is 17.4 Å². The van der Waals surface area contributed by atoms with Gasteiger partial charge in [-0.1, -0.05) is 0 Å². The van der Waals surface area contributed by atoms with Crippen LogP contribution in [0.5, 0.6) is 11.5 Å². The molecule has 1 rings (SSSR count). The van der Waals surface area contributed by atoms with Crippen LogP contribution in [0.15, 0.2) is 12.1 Å². The molecule has 0 saturated heterocycles. The van der Waals surface area contributed by atoms with Crippen molar-refractivity contribution in [1.82, 2.24) is 0 Å². The van der Waals surface area contributed by atoms with Gasteiger partial charge in [0.25, 0.3) is 0 Å². The first kappa shape index (κ1) is 10.8. The largest absolute Gasteiger partial charge is 0.491 e. The predicted octanol–water partition coefficient (Wildman–Crippen LogP) is 2.76. The molecule has 0 aromatic heterocycles. The van der Waals surface area contributed by atoms with Crippen LogP contribution in [0.25, 0.3) is 0 Å². The number of halogens is 2. The molecular formula is C10H12F2O2. The molecule has 2 nitrogen and oxygen atoms in total. The van der Waals surface area contributed by atoms with Gasteiger partial charge in [-0.25, -0.2) is 4.39 Å². The van der Waals surface area contributed by atoms with E-state index in [0.29, 0.717) is 0 Å². The molecule has 0 bridgehead atoms. The molecule has 78 valence electrons. The van der Waals surface area contributed by atoms with Crippen LogP contribution >= 0.6 is 0 Å². The van der Waals surface area contributed by atoms with Gasteiger partial charge < -0.3 is 9.47 Å². The number of rotatable bonds is 3. The van der Waals surface area contributed by atoms with Crippen molar-refractivity contribution in [2.24, 2.45) is 0 Å². The third-order valence-corrected chi connectivity index (χ3v) is 1.58. The van der Waals surface area contributed by atoms with Gasteiger partial charge in [-0.3, -0.25) is 0 Å². The summed E-state index contributed by atoms with van der Waals surface area (Å²) in [6, 6.07) is 2.35. The summed E-state index contributed by atoms with van der Waals surface area (Å²) in [5, 5.41) is 0. The summed E-state index contributed by atoms with van der Waals surface area (Å²) in [4.78, 5) is 0. The number of benzene rings is 1. The third kappa shape index (κ3) is 2.13. The Morgan fingerprint density at radius 3 is 2.36 bits per heavy atom. The molecule has 0 heterocycles. The average molecular weight is 202 g/mol. The van der Waals surface area contributed by atoms with E-state index in [0.717, 1.165) is 6.07 Å². The minimum Gasteiger partial charge on any atom is -0.491 e. The lowest BCUT2D eigenvalue weighted by Crippen LogP contribution is -2.08. The van der Waals surface area contributed by atoms with Gasteiger partial charge in [-0.15, -0.1) is 0 Å².